The molecule has 1 aliphatic rings. The highest BCUT2D eigenvalue weighted by Crippen LogP contribution is 2.32. The second kappa shape index (κ2) is 8.37. The minimum Gasteiger partial charge on any atom is -0.495 e. The van der Waals surface area contributed by atoms with Crippen LogP contribution in [0.15, 0.2) is 83.9 Å². The Bertz CT molecular complexity index is 961. The summed E-state index contributed by atoms with van der Waals surface area (Å²) in [7, 11) is 1.65. The third kappa shape index (κ3) is 3.83. The van der Waals surface area contributed by atoms with Crippen LogP contribution < -0.4 is 14.5 Å². The normalized spacial score (nSPS) is 14.1. The van der Waals surface area contributed by atoms with Crippen LogP contribution >= 0.6 is 12.8 Å². The molecule has 6 heteroatoms. The Morgan fingerprint density at radius 1 is 0.893 bits per heavy atom. The van der Waals surface area contributed by atoms with Gasteiger partial charge in [-0.1, -0.05) is 67.4 Å². The first-order valence-electron chi connectivity index (χ1n) is 8.97. The number of hydrogen-bond donors (Lipinski definition) is 1. The molecule has 1 aliphatic heterocycles. The molecular formula is C22H21N3O2S. The summed E-state index contributed by atoms with van der Waals surface area (Å²) in [6, 6.07) is 26.1. The molecule has 0 saturated carbocycles. The van der Waals surface area contributed by atoms with E-state index in [9.17, 15) is 0 Å². The lowest BCUT2D eigenvalue weighted by molar-refractivity contribution is 0.372. The summed E-state index contributed by atoms with van der Waals surface area (Å²) < 4.78 is 13.2. The fourth-order valence-corrected chi connectivity index (χ4v) is 3.37. The predicted molar refractivity (Wildman–Crippen MR) is 116 cm³/mol. The van der Waals surface area contributed by atoms with Crippen LogP contribution in [0.1, 0.15) is 0 Å². The lowest BCUT2D eigenvalue weighted by Gasteiger charge is -2.27. The molecule has 0 N–H and O–H groups in total. The van der Waals surface area contributed by atoms with Crippen LogP contribution in [-0.4, -0.2) is 30.6 Å². The molecule has 0 fully saturated rings. The number of methoxy groups -OCH3 is 1. The van der Waals surface area contributed by atoms with Gasteiger partial charge in [0, 0.05) is 0 Å². The summed E-state index contributed by atoms with van der Waals surface area (Å²) in [4.78, 5) is 4.54. The fourth-order valence-electron chi connectivity index (χ4n) is 3.11. The minimum atomic E-state index is 0.333. The van der Waals surface area contributed by atoms with E-state index in [4.69, 9.17) is 9.47 Å². The van der Waals surface area contributed by atoms with E-state index in [2.05, 4.69) is 42.1 Å². The maximum Gasteiger partial charge on any atom is 0.159 e. The van der Waals surface area contributed by atoms with Gasteiger partial charge < -0.3 is 9.47 Å². The van der Waals surface area contributed by atoms with Crippen molar-refractivity contribution in [1.82, 2.24) is 4.41 Å². The number of hydrazine groups is 1. The Balaban J connectivity index is 1.47. The molecule has 0 aromatic heterocycles. The summed E-state index contributed by atoms with van der Waals surface area (Å²) in [5.74, 6) is 2.31. The van der Waals surface area contributed by atoms with Crippen LogP contribution in [0.25, 0.3) is 11.1 Å². The number of thiol groups is 1. The molecule has 0 atom stereocenters. The first kappa shape index (κ1) is 18.4. The van der Waals surface area contributed by atoms with Crippen LogP contribution in [0.2, 0.25) is 0 Å². The van der Waals surface area contributed by atoms with Gasteiger partial charge in [-0.2, -0.15) is 0 Å². The van der Waals surface area contributed by atoms with Crippen molar-refractivity contribution < 1.29 is 9.47 Å². The molecule has 142 valence electrons. The van der Waals surface area contributed by atoms with Gasteiger partial charge in [-0.05, 0) is 35.4 Å². The third-order valence-corrected chi connectivity index (χ3v) is 4.80. The first-order chi connectivity index (χ1) is 13.8. The topological polar surface area (TPSA) is 37.3 Å². The maximum absolute atomic E-state index is 5.98. The van der Waals surface area contributed by atoms with E-state index >= 15 is 0 Å². The highest BCUT2D eigenvalue weighted by molar-refractivity contribution is 7.77. The number of rotatable bonds is 6. The van der Waals surface area contributed by atoms with Crippen LogP contribution in [-0.2, 0) is 0 Å². The molecule has 1 heterocycles. The molecular weight excluding hydrogens is 370 g/mol. The zero-order valence-electron chi connectivity index (χ0n) is 15.5. The third-order valence-electron chi connectivity index (χ3n) is 4.50. The molecule has 4 rings (SSSR count). The number of hydrogen-bond acceptors (Lipinski definition) is 6. The van der Waals surface area contributed by atoms with Crippen LogP contribution in [0.4, 0.5) is 5.69 Å². The van der Waals surface area contributed by atoms with Crippen LogP contribution in [0, 0.1) is 0 Å². The summed E-state index contributed by atoms with van der Waals surface area (Å²) >= 11 is 4.51. The Morgan fingerprint density at radius 2 is 1.57 bits per heavy atom. The number of benzene rings is 3. The van der Waals surface area contributed by atoms with E-state index in [1.54, 1.807) is 11.5 Å². The average molecular weight is 391 g/mol. The molecule has 3 aromatic carbocycles. The molecule has 0 spiro atoms. The number of amidine groups is 1. The van der Waals surface area contributed by atoms with Crippen molar-refractivity contribution in [3.8, 4) is 22.6 Å². The zero-order chi connectivity index (χ0) is 19.3. The predicted octanol–water partition coefficient (Wildman–Crippen LogP) is 4.68. The number of ether oxygens (including phenoxy) is 2. The number of aliphatic imine (C=N–C) groups is 1. The molecule has 3 aromatic rings. The SMILES string of the molecule is COc1ccccc1N1C(COc2ccc(-c3ccccc3)cc2)=NCN1S. The Labute approximate surface area is 170 Å². The Kier molecular flexibility index (Phi) is 5.50. The van der Waals surface area contributed by atoms with Gasteiger partial charge in [0.15, 0.2) is 5.84 Å². The molecule has 5 nitrogen and oxygen atoms in total. The quantitative estimate of drug-likeness (QED) is 0.619. The molecule has 0 bridgehead atoms. The van der Waals surface area contributed by atoms with Gasteiger partial charge in [0.1, 0.15) is 30.5 Å². The molecule has 0 saturated heterocycles. The van der Waals surface area contributed by atoms with Crippen molar-refractivity contribution >= 4 is 24.3 Å². The summed E-state index contributed by atoms with van der Waals surface area (Å²) in [5.41, 5.74) is 3.21. The van der Waals surface area contributed by atoms with Gasteiger partial charge in [0.2, 0.25) is 0 Å². The van der Waals surface area contributed by atoms with Gasteiger partial charge >= 0.3 is 0 Å². The van der Waals surface area contributed by atoms with E-state index in [0.29, 0.717) is 13.3 Å². The Hall–Kier alpha value is -2.96. The standard InChI is InChI=1S/C22H21N3O2S/c1-26-21-10-6-5-9-20(21)25-22(23-16-24(25)28)15-27-19-13-11-18(12-14-19)17-7-3-2-4-8-17/h2-14,28H,15-16H2,1H3. The lowest BCUT2D eigenvalue weighted by Crippen LogP contribution is -2.38. The number of para-hydroxylation sites is 2. The van der Waals surface area contributed by atoms with E-state index < -0.39 is 0 Å². The number of anilines is 1. The highest BCUT2D eigenvalue weighted by atomic mass is 32.1. The van der Waals surface area contributed by atoms with Gasteiger partial charge in [-0.3, -0.25) is 0 Å². The summed E-state index contributed by atoms with van der Waals surface area (Å²) in [5, 5.41) is 1.90. The molecule has 0 aliphatic carbocycles. The van der Waals surface area contributed by atoms with Crippen LogP contribution in [0.3, 0.4) is 0 Å². The largest absolute Gasteiger partial charge is 0.495 e. The second-order valence-corrected chi connectivity index (χ2v) is 6.71. The molecule has 0 amide bonds. The number of nitrogens with zero attached hydrogens (tertiary/aromatic N) is 3. The van der Waals surface area contributed by atoms with Gasteiger partial charge in [-0.15, -0.1) is 4.41 Å². The maximum atomic E-state index is 5.98. The molecule has 28 heavy (non-hydrogen) atoms. The van der Waals surface area contributed by atoms with Crippen molar-refractivity contribution in [2.75, 3.05) is 25.4 Å². The van der Waals surface area contributed by atoms with E-state index in [-0.39, 0.29) is 0 Å². The van der Waals surface area contributed by atoms with E-state index in [1.165, 1.54) is 5.56 Å². The van der Waals surface area contributed by atoms with Gasteiger partial charge in [0.05, 0.1) is 7.11 Å². The second-order valence-electron chi connectivity index (χ2n) is 6.25. The summed E-state index contributed by atoms with van der Waals surface area (Å²) in [6.07, 6.45) is 0. The molecule has 0 radical (unpaired) electrons. The Morgan fingerprint density at radius 3 is 2.32 bits per heavy atom. The zero-order valence-corrected chi connectivity index (χ0v) is 16.4. The van der Waals surface area contributed by atoms with Crippen LogP contribution in [0.5, 0.6) is 11.5 Å². The van der Waals surface area contributed by atoms with E-state index in [0.717, 1.165) is 28.6 Å². The van der Waals surface area contributed by atoms with Crippen molar-refractivity contribution in [1.29, 1.82) is 0 Å². The van der Waals surface area contributed by atoms with Crippen molar-refractivity contribution in [2.24, 2.45) is 4.99 Å². The molecule has 0 unspecified atom stereocenters. The summed E-state index contributed by atoms with van der Waals surface area (Å²) in [6.45, 7) is 0.784. The first-order valence-corrected chi connectivity index (χ1v) is 9.37. The fraction of sp³-hybridized carbons (Fsp3) is 0.136. The highest BCUT2D eigenvalue weighted by Gasteiger charge is 2.27. The average Bonchev–Trinajstić information content (AvgIpc) is 3.13. The van der Waals surface area contributed by atoms with Crippen molar-refractivity contribution in [2.45, 2.75) is 0 Å². The van der Waals surface area contributed by atoms with Crippen molar-refractivity contribution in [3.63, 3.8) is 0 Å². The van der Waals surface area contributed by atoms with E-state index in [1.807, 2.05) is 59.6 Å². The monoisotopic (exact) mass is 391 g/mol. The van der Waals surface area contributed by atoms with Gasteiger partial charge in [0.25, 0.3) is 0 Å². The minimum absolute atomic E-state index is 0.333. The lowest BCUT2D eigenvalue weighted by atomic mass is 10.1. The smallest absolute Gasteiger partial charge is 0.159 e. The van der Waals surface area contributed by atoms with Crippen molar-refractivity contribution in [3.05, 3.63) is 78.9 Å². The van der Waals surface area contributed by atoms with Gasteiger partial charge in [-0.25, -0.2) is 10.0 Å².